The van der Waals surface area contributed by atoms with E-state index in [0.29, 0.717) is 23.0 Å². The Morgan fingerprint density at radius 2 is 2.03 bits per heavy atom. The van der Waals surface area contributed by atoms with Gasteiger partial charge in [-0.25, -0.2) is 0 Å². The largest absolute Gasteiger partial charge is 0.493 e. The zero-order chi connectivity index (χ0) is 24.7. The lowest BCUT2D eigenvalue weighted by Gasteiger charge is -2.16. The topological polar surface area (TPSA) is 67.9 Å². The highest BCUT2D eigenvalue weighted by Crippen LogP contribution is 2.39. The SMILES string of the molecule is CCCCCCOc1c(Br)cc(/C=C2\SC(=S)N(NC(=O)c3ccccc3Cl)C2=O)cc1OC. The number of nitrogens with zero attached hydrogens (tertiary/aromatic N) is 1. The summed E-state index contributed by atoms with van der Waals surface area (Å²) < 4.78 is 12.4. The predicted molar refractivity (Wildman–Crippen MR) is 144 cm³/mol. The average molecular weight is 584 g/mol. The van der Waals surface area contributed by atoms with Gasteiger partial charge in [0.1, 0.15) is 0 Å². The third-order valence-corrected chi connectivity index (χ3v) is 7.14. The first-order valence-electron chi connectivity index (χ1n) is 10.7. The maximum absolute atomic E-state index is 12.9. The molecule has 0 unspecified atom stereocenters. The van der Waals surface area contributed by atoms with Gasteiger partial charge in [-0.2, -0.15) is 5.01 Å². The number of carbonyl (C=O) groups excluding carboxylic acids is 2. The third-order valence-electron chi connectivity index (χ3n) is 4.92. The number of rotatable bonds is 10. The van der Waals surface area contributed by atoms with E-state index in [-0.39, 0.29) is 14.9 Å². The number of ether oxygens (including phenoxy) is 2. The minimum absolute atomic E-state index is 0.217. The number of benzene rings is 2. The predicted octanol–water partition coefficient (Wildman–Crippen LogP) is 6.62. The van der Waals surface area contributed by atoms with Crippen molar-refractivity contribution in [2.45, 2.75) is 32.6 Å². The molecule has 0 bridgehead atoms. The molecule has 0 spiro atoms. The monoisotopic (exact) mass is 582 g/mol. The number of hydrogen-bond donors (Lipinski definition) is 1. The molecular formula is C24H24BrClN2O4S2. The summed E-state index contributed by atoms with van der Waals surface area (Å²) >= 11 is 16.0. The first-order valence-corrected chi connectivity index (χ1v) is 13.1. The fourth-order valence-corrected chi connectivity index (χ4v) is 5.16. The van der Waals surface area contributed by atoms with Gasteiger partial charge >= 0.3 is 0 Å². The van der Waals surface area contributed by atoms with E-state index in [1.807, 2.05) is 6.07 Å². The van der Waals surface area contributed by atoms with Crippen molar-refractivity contribution in [3.05, 3.63) is 61.9 Å². The number of amides is 2. The summed E-state index contributed by atoms with van der Waals surface area (Å²) in [5.74, 6) is 0.226. The quantitative estimate of drug-likeness (QED) is 0.193. The van der Waals surface area contributed by atoms with Crippen LogP contribution in [0.15, 0.2) is 45.8 Å². The number of nitrogens with one attached hydrogen (secondary N) is 1. The van der Waals surface area contributed by atoms with Crippen LogP contribution < -0.4 is 14.9 Å². The molecule has 1 heterocycles. The van der Waals surface area contributed by atoms with Gasteiger partial charge in [0.05, 0.1) is 33.7 Å². The molecule has 1 aliphatic rings. The van der Waals surface area contributed by atoms with Crippen molar-refractivity contribution in [1.29, 1.82) is 0 Å². The summed E-state index contributed by atoms with van der Waals surface area (Å²) in [6, 6.07) is 10.2. The molecule has 1 aliphatic heterocycles. The van der Waals surface area contributed by atoms with Gasteiger partial charge in [-0.15, -0.1) is 0 Å². The van der Waals surface area contributed by atoms with E-state index in [1.54, 1.807) is 43.5 Å². The molecule has 1 fully saturated rings. The van der Waals surface area contributed by atoms with Crippen LogP contribution in [0.1, 0.15) is 48.5 Å². The Bertz CT molecular complexity index is 1130. The molecule has 6 nitrogen and oxygen atoms in total. The highest BCUT2D eigenvalue weighted by molar-refractivity contribution is 9.10. The summed E-state index contributed by atoms with van der Waals surface area (Å²) in [4.78, 5) is 25.9. The third kappa shape index (κ3) is 6.53. The number of methoxy groups -OCH3 is 1. The van der Waals surface area contributed by atoms with Crippen molar-refractivity contribution in [3.63, 3.8) is 0 Å². The molecule has 0 aromatic heterocycles. The van der Waals surface area contributed by atoms with Crippen LogP contribution in [0.4, 0.5) is 0 Å². The van der Waals surface area contributed by atoms with Crippen LogP contribution >= 0.6 is 51.5 Å². The van der Waals surface area contributed by atoms with Gasteiger partial charge in [-0.1, -0.05) is 61.7 Å². The second-order valence-electron chi connectivity index (χ2n) is 7.38. The number of hydrogen-bond acceptors (Lipinski definition) is 6. The number of halogens is 2. The molecule has 0 aliphatic carbocycles. The van der Waals surface area contributed by atoms with Crippen LogP contribution in [0.3, 0.4) is 0 Å². The molecule has 2 aromatic carbocycles. The first kappa shape index (κ1) is 26.5. The van der Waals surface area contributed by atoms with E-state index in [0.717, 1.165) is 46.1 Å². The van der Waals surface area contributed by atoms with Crippen LogP contribution in [-0.4, -0.2) is 34.9 Å². The van der Waals surface area contributed by atoms with Crippen molar-refractivity contribution in [1.82, 2.24) is 10.4 Å². The lowest BCUT2D eigenvalue weighted by molar-refractivity contribution is -0.123. The summed E-state index contributed by atoms with van der Waals surface area (Å²) in [5, 5.41) is 1.34. The van der Waals surface area contributed by atoms with Gasteiger partial charge in [0.2, 0.25) is 0 Å². The summed E-state index contributed by atoms with van der Waals surface area (Å²) in [6.07, 6.45) is 6.12. The van der Waals surface area contributed by atoms with Gasteiger partial charge in [-0.05, 0) is 70.5 Å². The van der Waals surface area contributed by atoms with E-state index in [1.165, 1.54) is 6.42 Å². The minimum atomic E-state index is -0.520. The highest BCUT2D eigenvalue weighted by atomic mass is 79.9. The number of thioether (sulfide) groups is 1. The second-order valence-corrected chi connectivity index (χ2v) is 10.3. The van der Waals surface area contributed by atoms with Crippen molar-refractivity contribution < 1.29 is 19.1 Å². The van der Waals surface area contributed by atoms with E-state index >= 15 is 0 Å². The lowest BCUT2D eigenvalue weighted by Crippen LogP contribution is -2.44. The molecule has 180 valence electrons. The highest BCUT2D eigenvalue weighted by Gasteiger charge is 2.34. The van der Waals surface area contributed by atoms with Crippen LogP contribution in [0.2, 0.25) is 5.02 Å². The molecule has 0 radical (unpaired) electrons. The van der Waals surface area contributed by atoms with Gasteiger partial charge in [0.25, 0.3) is 11.8 Å². The molecule has 2 aromatic rings. The Morgan fingerprint density at radius 1 is 1.26 bits per heavy atom. The Labute approximate surface area is 222 Å². The normalized spacial score (nSPS) is 14.6. The molecular weight excluding hydrogens is 560 g/mol. The Balaban J connectivity index is 1.74. The van der Waals surface area contributed by atoms with Crippen molar-refractivity contribution in [2.24, 2.45) is 0 Å². The summed E-state index contributed by atoms with van der Waals surface area (Å²) in [7, 11) is 1.57. The summed E-state index contributed by atoms with van der Waals surface area (Å²) in [6.45, 7) is 2.76. The Kier molecular flexibility index (Phi) is 9.82. The maximum atomic E-state index is 12.9. The smallest absolute Gasteiger partial charge is 0.285 e. The van der Waals surface area contributed by atoms with E-state index in [4.69, 9.17) is 33.3 Å². The van der Waals surface area contributed by atoms with Gasteiger partial charge < -0.3 is 9.47 Å². The van der Waals surface area contributed by atoms with E-state index < -0.39 is 11.8 Å². The Morgan fingerprint density at radius 3 is 2.74 bits per heavy atom. The minimum Gasteiger partial charge on any atom is -0.493 e. The fourth-order valence-electron chi connectivity index (χ4n) is 3.19. The number of unbranched alkanes of at least 4 members (excludes halogenated alkanes) is 3. The number of thiocarbonyl (C=S) groups is 1. The van der Waals surface area contributed by atoms with Crippen LogP contribution in [0.25, 0.3) is 6.08 Å². The zero-order valence-corrected chi connectivity index (χ0v) is 22.7. The van der Waals surface area contributed by atoms with Gasteiger partial charge in [0, 0.05) is 0 Å². The molecule has 3 rings (SSSR count). The maximum Gasteiger partial charge on any atom is 0.285 e. The number of hydrazine groups is 1. The molecule has 0 atom stereocenters. The molecule has 34 heavy (non-hydrogen) atoms. The van der Waals surface area contributed by atoms with Crippen molar-refractivity contribution >= 4 is 73.7 Å². The molecule has 1 saturated heterocycles. The van der Waals surface area contributed by atoms with Crippen LogP contribution in [0, 0.1) is 0 Å². The average Bonchev–Trinajstić information content (AvgIpc) is 3.07. The van der Waals surface area contributed by atoms with Crippen LogP contribution in [0.5, 0.6) is 11.5 Å². The van der Waals surface area contributed by atoms with Crippen molar-refractivity contribution in [3.8, 4) is 11.5 Å². The fraction of sp³-hybridized carbons (Fsp3) is 0.292. The zero-order valence-electron chi connectivity index (χ0n) is 18.7. The Hall–Kier alpha value is -2.07. The van der Waals surface area contributed by atoms with E-state index in [2.05, 4.69) is 28.3 Å². The van der Waals surface area contributed by atoms with Crippen LogP contribution in [-0.2, 0) is 4.79 Å². The van der Waals surface area contributed by atoms with Gasteiger partial charge in [-0.3, -0.25) is 15.0 Å². The standard InChI is InChI=1S/C24H24BrClN2O4S2/c1-3-4-5-8-11-32-21-17(25)12-15(13-19(21)31-2)14-20-23(30)28(24(33)34-20)27-22(29)16-9-6-7-10-18(16)26/h6-7,9-10,12-14H,3-5,8,11H2,1-2H3,(H,27,29)/b20-14-. The molecule has 2 amide bonds. The lowest BCUT2D eigenvalue weighted by atomic mass is 10.1. The van der Waals surface area contributed by atoms with Gasteiger partial charge in [0.15, 0.2) is 15.8 Å². The summed E-state index contributed by atoms with van der Waals surface area (Å²) in [5.41, 5.74) is 3.51. The number of carbonyl (C=O) groups is 2. The molecule has 1 N–H and O–H groups in total. The molecule has 0 saturated carbocycles. The second kappa shape index (κ2) is 12.6. The first-order chi connectivity index (χ1) is 16.3. The van der Waals surface area contributed by atoms with E-state index in [9.17, 15) is 9.59 Å². The van der Waals surface area contributed by atoms with Crippen molar-refractivity contribution in [2.75, 3.05) is 13.7 Å². The molecule has 10 heteroatoms.